The Kier molecular flexibility index (Phi) is 4.30. The molecule has 3 aliphatic rings. The lowest BCUT2D eigenvalue weighted by Crippen LogP contribution is -2.47. The Morgan fingerprint density at radius 3 is 2.41 bits per heavy atom. The molecule has 3 rings (SSSR count). The highest BCUT2D eigenvalue weighted by Crippen LogP contribution is 2.65. The Balaban J connectivity index is 1.47. The number of carbonyl (C=O) groups excluding carboxylic acids is 1. The molecule has 0 radical (unpaired) electrons. The zero-order valence-electron chi connectivity index (χ0n) is 15.0. The van der Waals surface area contributed by atoms with E-state index in [1.165, 1.54) is 45.2 Å². The van der Waals surface area contributed by atoms with Gasteiger partial charge in [-0.3, -0.25) is 4.79 Å². The first kappa shape index (κ1) is 16.3. The van der Waals surface area contributed by atoms with E-state index in [1.54, 1.807) is 0 Å². The van der Waals surface area contributed by atoms with Crippen molar-refractivity contribution in [2.75, 3.05) is 19.6 Å². The maximum atomic E-state index is 12.4. The first-order valence-electron chi connectivity index (χ1n) is 9.34. The van der Waals surface area contributed by atoms with Gasteiger partial charge in [0.2, 0.25) is 5.91 Å². The molecule has 126 valence electrons. The second-order valence-electron chi connectivity index (χ2n) is 9.00. The maximum Gasteiger partial charge on any atom is 0.221 e. The summed E-state index contributed by atoms with van der Waals surface area (Å²) in [4.78, 5) is 14.9. The van der Waals surface area contributed by atoms with Crippen LogP contribution in [0, 0.1) is 22.7 Å². The topological polar surface area (TPSA) is 32.3 Å². The molecule has 1 amide bonds. The summed E-state index contributed by atoms with van der Waals surface area (Å²) in [6, 6.07) is 0.398. The first-order valence-corrected chi connectivity index (χ1v) is 9.34. The van der Waals surface area contributed by atoms with Crippen LogP contribution in [0.4, 0.5) is 0 Å². The number of piperidine rings is 1. The molecule has 22 heavy (non-hydrogen) atoms. The molecule has 0 spiro atoms. The van der Waals surface area contributed by atoms with Crippen molar-refractivity contribution in [1.82, 2.24) is 10.2 Å². The van der Waals surface area contributed by atoms with Gasteiger partial charge in [0.15, 0.2) is 0 Å². The SMILES string of the molecule is CC1CCN(CCC(=O)N[C@@H]2C[C@H]3CC[C@]2(C)C3(C)C)CC1. The van der Waals surface area contributed by atoms with E-state index in [2.05, 4.69) is 37.9 Å². The van der Waals surface area contributed by atoms with E-state index < -0.39 is 0 Å². The molecule has 3 fully saturated rings. The lowest BCUT2D eigenvalue weighted by molar-refractivity contribution is -0.123. The minimum absolute atomic E-state index is 0.271. The highest BCUT2D eigenvalue weighted by Gasteiger charge is 2.61. The Morgan fingerprint density at radius 1 is 1.18 bits per heavy atom. The van der Waals surface area contributed by atoms with Crippen LogP contribution in [0.3, 0.4) is 0 Å². The van der Waals surface area contributed by atoms with Gasteiger partial charge in [0.1, 0.15) is 0 Å². The Hall–Kier alpha value is -0.570. The molecule has 1 heterocycles. The lowest BCUT2D eigenvalue weighted by atomic mass is 9.69. The van der Waals surface area contributed by atoms with E-state index in [0.717, 1.165) is 18.4 Å². The summed E-state index contributed by atoms with van der Waals surface area (Å²) in [6.07, 6.45) is 7.07. The zero-order chi connectivity index (χ0) is 16.0. The maximum absolute atomic E-state index is 12.4. The van der Waals surface area contributed by atoms with Crippen molar-refractivity contribution in [2.24, 2.45) is 22.7 Å². The largest absolute Gasteiger partial charge is 0.353 e. The molecule has 0 aromatic carbocycles. The van der Waals surface area contributed by atoms with Crippen LogP contribution in [0.15, 0.2) is 0 Å². The number of nitrogens with zero attached hydrogens (tertiary/aromatic N) is 1. The van der Waals surface area contributed by atoms with Crippen LogP contribution in [0.25, 0.3) is 0 Å². The van der Waals surface area contributed by atoms with Crippen molar-refractivity contribution in [3.8, 4) is 0 Å². The van der Waals surface area contributed by atoms with Gasteiger partial charge in [-0.15, -0.1) is 0 Å². The van der Waals surface area contributed by atoms with Crippen LogP contribution in [-0.4, -0.2) is 36.5 Å². The molecule has 1 saturated heterocycles. The predicted molar refractivity (Wildman–Crippen MR) is 90.6 cm³/mol. The lowest BCUT2D eigenvalue weighted by Gasteiger charge is -2.39. The van der Waals surface area contributed by atoms with Gasteiger partial charge in [-0.1, -0.05) is 27.7 Å². The van der Waals surface area contributed by atoms with Gasteiger partial charge in [-0.2, -0.15) is 0 Å². The molecule has 0 unspecified atom stereocenters. The minimum atomic E-state index is 0.271. The third kappa shape index (κ3) is 2.70. The summed E-state index contributed by atoms with van der Waals surface area (Å²) in [5.41, 5.74) is 0.682. The van der Waals surface area contributed by atoms with E-state index in [9.17, 15) is 4.79 Å². The van der Waals surface area contributed by atoms with Gasteiger partial charge in [0, 0.05) is 19.0 Å². The molecule has 2 aliphatic carbocycles. The van der Waals surface area contributed by atoms with E-state index in [0.29, 0.717) is 23.3 Å². The molecular formula is C19H34N2O. The normalized spacial score (nSPS) is 38.4. The second kappa shape index (κ2) is 5.81. The van der Waals surface area contributed by atoms with Crippen LogP contribution < -0.4 is 5.32 Å². The van der Waals surface area contributed by atoms with Crippen LogP contribution in [0.2, 0.25) is 0 Å². The van der Waals surface area contributed by atoms with Crippen molar-refractivity contribution in [1.29, 1.82) is 0 Å². The summed E-state index contributed by atoms with van der Waals surface area (Å²) < 4.78 is 0. The number of hydrogen-bond donors (Lipinski definition) is 1. The summed E-state index contributed by atoms with van der Waals surface area (Å²) in [6.45, 7) is 12.8. The van der Waals surface area contributed by atoms with Crippen molar-refractivity contribution >= 4 is 5.91 Å². The molecule has 2 saturated carbocycles. The van der Waals surface area contributed by atoms with Crippen LogP contribution in [-0.2, 0) is 4.79 Å². The van der Waals surface area contributed by atoms with Gasteiger partial charge in [-0.05, 0) is 67.9 Å². The summed E-state index contributed by atoms with van der Waals surface area (Å²) >= 11 is 0. The fourth-order valence-corrected chi connectivity index (χ4v) is 5.23. The molecule has 0 aromatic rings. The number of fused-ring (bicyclic) bond motifs is 2. The fraction of sp³-hybridized carbons (Fsp3) is 0.947. The number of hydrogen-bond acceptors (Lipinski definition) is 2. The average molecular weight is 306 g/mol. The van der Waals surface area contributed by atoms with E-state index in [1.807, 2.05) is 0 Å². The zero-order valence-corrected chi connectivity index (χ0v) is 15.0. The molecule has 3 heteroatoms. The molecule has 3 atom stereocenters. The third-order valence-electron chi connectivity index (χ3n) is 7.66. The van der Waals surface area contributed by atoms with Gasteiger partial charge in [0.05, 0.1) is 0 Å². The van der Waals surface area contributed by atoms with Gasteiger partial charge >= 0.3 is 0 Å². The summed E-state index contributed by atoms with van der Waals surface area (Å²) in [7, 11) is 0. The van der Waals surface area contributed by atoms with Gasteiger partial charge < -0.3 is 10.2 Å². The highest BCUT2D eigenvalue weighted by molar-refractivity contribution is 5.76. The van der Waals surface area contributed by atoms with Crippen molar-refractivity contribution < 1.29 is 4.79 Å². The van der Waals surface area contributed by atoms with Gasteiger partial charge in [0.25, 0.3) is 0 Å². The van der Waals surface area contributed by atoms with Crippen molar-refractivity contribution in [2.45, 2.75) is 72.3 Å². The van der Waals surface area contributed by atoms with Gasteiger partial charge in [-0.25, -0.2) is 0 Å². The predicted octanol–water partition coefficient (Wildman–Crippen LogP) is 3.44. The highest BCUT2D eigenvalue weighted by atomic mass is 16.1. The van der Waals surface area contributed by atoms with Crippen LogP contribution >= 0.6 is 0 Å². The number of likely N-dealkylation sites (tertiary alicyclic amines) is 1. The summed E-state index contributed by atoms with van der Waals surface area (Å²) in [5, 5.41) is 3.39. The van der Waals surface area contributed by atoms with Crippen molar-refractivity contribution in [3.63, 3.8) is 0 Å². The number of nitrogens with one attached hydrogen (secondary N) is 1. The monoisotopic (exact) mass is 306 g/mol. The first-order chi connectivity index (χ1) is 10.3. The molecule has 0 aromatic heterocycles. The Labute approximate surface area is 136 Å². The average Bonchev–Trinajstić information content (AvgIpc) is 2.80. The molecule has 1 aliphatic heterocycles. The summed E-state index contributed by atoms with van der Waals surface area (Å²) in [5.74, 6) is 1.93. The number of amides is 1. The quantitative estimate of drug-likeness (QED) is 0.863. The fourth-order valence-electron chi connectivity index (χ4n) is 5.23. The van der Waals surface area contributed by atoms with E-state index in [4.69, 9.17) is 0 Å². The molecule has 2 bridgehead atoms. The second-order valence-corrected chi connectivity index (χ2v) is 9.00. The number of carbonyl (C=O) groups is 1. The molecule has 3 nitrogen and oxygen atoms in total. The number of rotatable bonds is 4. The Morgan fingerprint density at radius 2 is 1.86 bits per heavy atom. The van der Waals surface area contributed by atoms with E-state index >= 15 is 0 Å². The molecule has 1 N–H and O–H groups in total. The van der Waals surface area contributed by atoms with E-state index in [-0.39, 0.29) is 5.91 Å². The Bertz CT molecular complexity index is 425. The van der Waals surface area contributed by atoms with Crippen molar-refractivity contribution in [3.05, 3.63) is 0 Å². The smallest absolute Gasteiger partial charge is 0.221 e. The minimum Gasteiger partial charge on any atom is -0.353 e. The standard InChI is InChI=1S/C19H34N2O/c1-14-6-10-21(11-7-14)12-8-17(22)20-16-13-15-5-9-19(16,4)18(15,2)3/h14-16H,5-13H2,1-4H3,(H,20,22)/t15-,16-,19+/m1/s1. The molecular weight excluding hydrogens is 272 g/mol. The van der Waals surface area contributed by atoms with Crippen LogP contribution in [0.5, 0.6) is 0 Å². The van der Waals surface area contributed by atoms with Crippen LogP contribution in [0.1, 0.15) is 66.2 Å². The third-order valence-corrected chi connectivity index (χ3v) is 7.66.